The number of anilines is 1. The Morgan fingerprint density at radius 3 is 2.78 bits per heavy atom. The third-order valence-electron chi connectivity index (χ3n) is 3.26. The fourth-order valence-electron chi connectivity index (χ4n) is 2.25. The van der Waals surface area contributed by atoms with Crippen molar-refractivity contribution >= 4 is 17.3 Å². The molecule has 2 rings (SSSR count). The Morgan fingerprint density at radius 2 is 2.06 bits per heavy atom. The number of nitrogen functional groups attached to an aromatic ring is 1. The van der Waals surface area contributed by atoms with Gasteiger partial charge in [-0.3, -0.25) is 0 Å². The van der Waals surface area contributed by atoms with Crippen molar-refractivity contribution in [2.24, 2.45) is 0 Å². The second-order valence-electron chi connectivity index (χ2n) is 4.57. The Labute approximate surface area is 111 Å². The van der Waals surface area contributed by atoms with Crippen LogP contribution in [0.1, 0.15) is 25.7 Å². The molecule has 100 valence electrons. The maximum atomic E-state index is 13.4. The maximum absolute atomic E-state index is 13.4. The summed E-state index contributed by atoms with van der Waals surface area (Å²) in [5, 5.41) is 0.0123. The van der Waals surface area contributed by atoms with E-state index in [1.165, 1.54) is 12.1 Å². The van der Waals surface area contributed by atoms with Gasteiger partial charge in [0.05, 0.1) is 16.8 Å². The zero-order valence-corrected chi connectivity index (χ0v) is 11.0. The molecule has 0 radical (unpaired) electrons. The molecule has 1 aromatic carbocycles. The molecular weight excluding hydrogens is 257 g/mol. The number of hydrogen-bond donors (Lipinski definition) is 1. The molecule has 1 aliphatic rings. The van der Waals surface area contributed by atoms with Crippen molar-refractivity contribution in [3.63, 3.8) is 0 Å². The molecule has 0 bridgehead atoms. The average Bonchev–Trinajstić information content (AvgIpc) is 2.36. The molecule has 1 aromatic rings. The van der Waals surface area contributed by atoms with Crippen molar-refractivity contribution < 1.29 is 13.9 Å². The van der Waals surface area contributed by atoms with Crippen LogP contribution in [-0.4, -0.2) is 19.3 Å². The summed E-state index contributed by atoms with van der Waals surface area (Å²) >= 11 is 5.64. The Hall–Kier alpha value is -1.00. The Bertz CT molecular complexity index is 428. The van der Waals surface area contributed by atoms with E-state index in [1.54, 1.807) is 7.11 Å². The van der Waals surface area contributed by atoms with Crippen LogP contribution in [0, 0.1) is 5.82 Å². The lowest BCUT2D eigenvalue weighted by molar-refractivity contribution is 0.0211. The van der Waals surface area contributed by atoms with Crippen LogP contribution in [0.5, 0.6) is 5.75 Å². The van der Waals surface area contributed by atoms with Gasteiger partial charge in [0.15, 0.2) is 0 Å². The molecule has 5 heteroatoms. The van der Waals surface area contributed by atoms with E-state index in [0.717, 1.165) is 25.7 Å². The van der Waals surface area contributed by atoms with Crippen LogP contribution in [0.4, 0.5) is 10.1 Å². The molecule has 1 fully saturated rings. The van der Waals surface area contributed by atoms with Crippen LogP contribution in [0.3, 0.4) is 0 Å². The first-order chi connectivity index (χ1) is 8.60. The van der Waals surface area contributed by atoms with Gasteiger partial charge in [-0.2, -0.15) is 0 Å². The number of nitrogens with two attached hydrogens (primary N) is 1. The van der Waals surface area contributed by atoms with Gasteiger partial charge in [-0.1, -0.05) is 11.6 Å². The van der Waals surface area contributed by atoms with E-state index >= 15 is 0 Å². The fraction of sp³-hybridized carbons (Fsp3) is 0.538. The second kappa shape index (κ2) is 5.76. The molecule has 1 saturated carbocycles. The molecule has 3 nitrogen and oxygen atoms in total. The third-order valence-corrected chi connectivity index (χ3v) is 3.55. The highest BCUT2D eigenvalue weighted by atomic mass is 35.5. The summed E-state index contributed by atoms with van der Waals surface area (Å²) in [6, 6.07) is 2.62. The number of methoxy groups -OCH3 is 1. The smallest absolute Gasteiger partial charge is 0.145 e. The van der Waals surface area contributed by atoms with E-state index in [9.17, 15) is 4.39 Å². The molecule has 1 aliphatic carbocycles. The summed E-state index contributed by atoms with van der Waals surface area (Å²) in [6.07, 6.45) is 4.05. The maximum Gasteiger partial charge on any atom is 0.145 e. The minimum Gasteiger partial charge on any atom is -0.488 e. The van der Waals surface area contributed by atoms with E-state index < -0.39 is 5.82 Å². The highest BCUT2D eigenvalue weighted by molar-refractivity contribution is 6.31. The Morgan fingerprint density at radius 1 is 1.33 bits per heavy atom. The molecule has 0 saturated heterocycles. The van der Waals surface area contributed by atoms with Gasteiger partial charge in [-0.05, 0) is 25.3 Å². The molecule has 2 atom stereocenters. The highest BCUT2D eigenvalue weighted by Crippen LogP contribution is 2.31. The first kappa shape index (κ1) is 13.4. The van der Waals surface area contributed by atoms with Gasteiger partial charge in [-0.15, -0.1) is 0 Å². The molecular formula is C13H17ClFNO2. The van der Waals surface area contributed by atoms with E-state index in [0.29, 0.717) is 11.4 Å². The van der Waals surface area contributed by atoms with Gasteiger partial charge in [0.2, 0.25) is 0 Å². The van der Waals surface area contributed by atoms with Crippen molar-refractivity contribution in [3.8, 4) is 5.75 Å². The minimum atomic E-state index is -0.514. The van der Waals surface area contributed by atoms with Crippen LogP contribution in [-0.2, 0) is 4.74 Å². The van der Waals surface area contributed by atoms with Crippen LogP contribution in [0.25, 0.3) is 0 Å². The molecule has 2 N–H and O–H groups in total. The van der Waals surface area contributed by atoms with Crippen molar-refractivity contribution in [1.29, 1.82) is 0 Å². The van der Waals surface area contributed by atoms with Crippen LogP contribution >= 0.6 is 11.6 Å². The molecule has 2 unspecified atom stereocenters. The number of hydrogen-bond acceptors (Lipinski definition) is 3. The van der Waals surface area contributed by atoms with Gasteiger partial charge < -0.3 is 15.2 Å². The largest absolute Gasteiger partial charge is 0.488 e. The summed E-state index contributed by atoms with van der Waals surface area (Å²) in [5.74, 6) is -0.154. The van der Waals surface area contributed by atoms with Crippen LogP contribution in [0.2, 0.25) is 5.02 Å². The summed E-state index contributed by atoms with van der Waals surface area (Å²) in [4.78, 5) is 0. The van der Waals surface area contributed by atoms with E-state index in [2.05, 4.69) is 0 Å². The second-order valence-corrected chi connectivity index (χ2v) is 4.98. The lowest BCUT2D eigenvalue weighted by Gasteiger charge is -2.29. The van der Waals surface area contributed by atoms with Crippen molar-refractivity contribution in [2.75, 3.05) is 12.8 Å². The van der Waals surface area contributed by atoms with Crippen LogP contribution in [0.15, 0.2) is 12.1 Å². The Balaban J connectivity index is 2.07. The van der Waals surface area contributed by atoms with Crippen molar-refractivity contribution in [3.05, 3.63) is 23.0 Å². The summed E-state index contributed by atoms with van der Waals surface area (Å²) in [7, 11) is 1.70. The molecule has 0 amide bonds. The topological polar surface area (TPSA) is 44.5 Å². The zero-order valence-electron chi connectivity index (χ0n) is 10.3. The van der Waals surface area contributed by atoms with E-state index in [1.807, 2.05) is 0 Å². The average molecular weight is 274 g/mol. The van der Waals surface area contributed by atoms with E-state index in [4.69, 9.17) is 26.8 Å². The SMILES string of the molecule is COC1CCCC(Oc2cc(F)c(Cl)cc2N)C1. The monoisotopic (exact) mass is 273 g/mol. The quantitative estimate of drug-likeness (QED) is 0.859. The van der Waals surface area contributed by atoms with Gasteiger partial charge in [-0.25, -0.2) is 4.39 Å². The van der Waals surface area contributed by atoms with Crippen molar-refractivity contribution in [1.82, 2.24) is 0 Å². The number of rotatable bonds is 3. The summed E-state index contributed by atoms with van der Waals surface area (Å²) < 4.78 is 24.4. The third kappa shape index (κ3) is 3.06. The molecule has 0 aliphatic heterocycles. The molecule has 0 aromatic heterocycles. The van der Waals surface area contributed by atoms with Crippen molar-refractivity contribution in [2.45, 2.75) is 37.9 Å². The van der Waals surface area contributed by atoms with E-state index in [-0.39, 0.29) is 17.2 Å². The normalized spacial score (nSPS) is 23.9. The summed E-state index contributed by atoms with van der Waals surface area (Å²) in [6.45, 7) is 0. The summed E-state index contributed by atoms with van der Waals surface area (Å²) in [5.41, 5.74) is 6.13. The lowest BCUT2D eigenvalue weighted by atomic mass is 9.95. The number of ether oxygens (including phenoxy) is 2. The fourth-order valence-corrected chi connectivity index (χ4v) is 2.42. The van der Waals surface area contributed by atoms with Gasteiger partial charge in [0.25, 0.3) is 0 Å². The standard InChI is InChI=1S/C13H17ClFNO2/c1-17-8-3-2-4-9(5-8)18-13-7-11(15)10(14)6-12(13)16/h6-9H,2-5,16H2,1H3. The molecule has 0 heterocycles. The van der Waals surface area contributed by atoms with Gasteiger partial charge in [0, 0.05) is 19.6 Å². The predicted molar refractivity (Wildman–Crippen MR) is 69.5 cm³/mol. The highest BCUT2D eigenvalue weighted by Gasteiger charge is 2.24. The zero-order chi connectivity index (χ0) is 13.1. The molecule has 0 spiro atoms. The number of halogens is 2. The minimum absolute atomic E-state index is 0.0123. The molecule has 18 heavy (non-hydrogen) atoms. The lowest BCUT2D eigenvalue weighted by Crippen LogP contribution is -2.29. The van der Waals surface area contributed by atoms with Gasteiger partial charge in [0.1, 0.15) is 17.7 Å². The first-order valence-corrected chi connectivity index (χ1v) is 6.42. The van der Waals surface area contributed by atoms with Gasteiger partial charge >= 0.3 is 0 Å². The van der Waals surface area contributed by atoms with Crippen LogP contribution < -0.4 is 10.5 Å². The Kier molecular flexibility index (Phi) is 4.30. The number of benzene rings is 1. The predicted octanol–water partition coefficient (Wildman–Crippen LogP) is 3.40. The first-order valence-electron chi connectivity index (χ1n) is 6.04.